The van der Waals surface area contributed by atoms with E-state index < -0.39 is 0 Å². The Kier molecular flexibility index (Phi) is 6.79. The van der Waals surface area contributed by atoms with Crippen molar-refractivity contribution >= 4 is 17.4 Å². The minimum absolute atomic E-state index is 0.105. The van der Waals surface area contributed by atoms with Gasteiger partial charge in [0, 0.05) is 18.1 Å². The van der Waals surface area contributed by atoms with Crippen molar-refractivity contribution in [3.63, 3.8) is 0 Å². The molecule has 1 aliphatic rings. The number of nitrogens with zero attached hydrogens (tertiary/aromatic N) is 1. The molecule has 1 saturated heterocycles. The number of hydrogen-bond acceptors (Lipinski definition) is 4. The summed E-state index contributed by atoms with van der Waals surface area (Å²) in [6.07, 6.45) is 3.56. The van der Waals surface area contributed by atoms with E-state index in [1.54, 1.807) is 0 Å². The second-order valence-corrected chi connectivity index (χ2v) is 5.26. The molecule has 0 amide bonds. The van der Waals surface area contributed by atoms with Crippen LogP contribution >= 0.6 is 11.6 Å². The Bertz CT molecular complexity index is 462. The maximum absolute atomic E-state index is 6.05. The third-order valence-corrected chi connectivity index (χ3v) is 3.50. The third-order valence-electron chi connectivity index (χ3n) is 3.13. The second kappa shape index (κ2) is 8.87. The summed E-state index contributed by atoms with van der Waals surface area (Å²) >= 11 is 6.05. The number of rotatable bonds is 7. The van der Waals surface area contributed by atoms with Gasteiger partial charge in [-0.05, 0) is 30.9 Å². The number of hydrogen-bond donors (Lipinski definition) is 1. The molecular weight excluding hydrogens is 292 g/mol. The molecule has 0 spiro atoms. The standard InChI is InChI=1S/C15H21ClN2O3/c16-13-6-2-1-5-12(13)11-14(17)18-21-10-9-20-15-7-3-4-8-19-15/h1-2,5-6,15H,3-4,7-11H2,(H2,17,18). The molecule has 1 heterocycles. The first-order chi connectivity index (χ1) is 10.3. The number of halogens is 1. The summed E-state index contributed by atoms with van der Waals surface area (Å²) in [6.45, 7) is 1.56. The Morgan fingerprint density at radius 2 is 2.19 bits per heavy atom. The van der Waals surface area contributed by atoms with E-state index in [4.69, 9.17) is 31.6 Å². The van der Waals surface area contributed by atoms with Crippen LogP contribution in [0.1, 0.15) is 24.8 Å². The van der Waals surface area contributed by atoms with Crippen LogP contribution in [0.5, 0.6) is 0 Å². The van der Waals surface area contributed by atoms with Crippen LogP contribution < -0.4 is 5.73 Å². The molecule has 2 N–H and O–H groups in total. The molecule has 0 aromatic heterocycles. The van der Waals surface area contributed by atoms with Gasteiger partial charge in [-0.25, -0.2) is 0 Å². The molecule has 0 saturated carbocycles. The monoisotopic (exact) mass is 312 g/mol. The zero-order chi connectivity index (χ0) is 14.9. The quantitative estimate of drug-likeness (QED) is 0.364. The van der Waals surface area contributed by atoms with Crippen molar-refractivity contribution < 1.29 is 14.3 Å². The summed E-state index contributed by atoms with van der Waals surface area (Å²) in [5, 5.41) is 4.53. The first-order valence-corrected chi connectivity index (χ1v) is 7.54. The average Bonchev–Trinajstić information content (AvgIpc) is 2.50. The lowest BCUT2D eigenvalue weighted by molar-refractivity contribution is -0.169. The number of benzene rings is 1. The highest BCUT2D eigenvalue weighted by Crippen LogP contribution is 2.15. The average molecular weight is 313 g/mol. The van der Waals surface area contributed by atoms with Crippen LogP contribution in [-0.4, -0.2) is 31.9 Å². The highest BCUT2D eigenvalue weighted by Gasteiger charge is 2.13. The summed E-state index contributed by atoms with van der Waals surface area (Å²) in [7, 11) is 0. The van der Waals surface area contributed by atoms with Gasteiger partial charge in [0.15, 0.2) is 6.29 Å². The van der Waals surface area contributed by atoms with Crippen molar-refractivity contribution in [2.45, 2.75) is 32.0 Å². The SMILES string of the molecule is NC(Cc1ccccc1Cl)=NOCCOC1CCCCO1. The highest BCUT2D eigenvalue weighted by atomic mass is 35.5. The predicted molar refractivity (Wildman–Crippen MR) is 82.3 cm³/mol. The van der Waals surface area contributed by atoms with Crippen molar-refractivity contribution in [1.29, 1.82) is 0 Å². The van der Waals surface area contributed by atoms with Gasteiger partial charge in [0.2, 0.25) is 0 Å². The molecule has 1 fully saturated rings. The summed E-state index contributed by atoms with van der Waals surface area (Å²) in [6, 6.07) is 7.52. The van der Waals surface area contributed by atoms with E-state index in [-0.39, 0.29) is 6.29 Å². The fourth-order valence-corrected chi connectivity index (χ4v) is 2.26. The van der Waals surface area contributed by atoms with E-state index in [9.17, 15) is 0 Å². The number of ether oxygens (including phenoxy) is 2. The molecule has 5 nitrogen and oxygen atoms in total. The molecule has 0 aliphatic carbocycles. The van der Waals surface area contributed by atoms with Crippen LogP contribution in [0, 0.1) is 0 Å². The van der Waals surface area contributed by atoms with Crippen molar-refractivity contribution in [3.05, 3.63) is 34.9 Å². The minimum atomic E-state index is -0.105. The van der Waals surface area contributed by atoms with Gasteiger partial charge in [-0.15, -0.1) is 0 Å². The van der Waals surface area contributed by atoms with Crippen molar-refractivity contribution in [3.8, 4) is 0 Å². The van der Waals surface area contributed by atoms with Crippen LogP contribution in [0.15, 0.2) is 29.4 Å². The van der Waals surface area contributed by atoms with Crippen LogP contribution in [0.3, 0.4) is 0 Å². The zero-order valence-corrected chi connectivity index (χ0v) is 12.7. The van der Waals surface area contributed by atoms with Gasteiger partial charge in [0.05, 0.1) is 6.61 Å². The number of amidine groups is 1. The van der Waals surface area contributed by atoms with Crippen LogP contribution in [0.25, 0.3) is 0 Å². The lowest BCUT2D eigenvalue weighted by Gasteiger charge is -2.22. The molecule has 0 radical (unpaired) electrons. The van der Waals surface area contributed by atoms with Crippen molar-refractivity contribution in [2.24, 2.45) is 10.9 Å². The lowest BCUT2D eigenvalue weighted by Crippen LogP contribution is -2.24. The van der Waals surface area contributed by atoms with Gasteiger partial charge in [-0.3, -0.25) is 0 Å². The van der Waals surface area contributed by atoms with Crippen LogP contribution in [-0.2, 0) is 20.7 Å². The van der Waals surface area contributed by atoms with Crippen LogP contribution in [0.2, 0.25) is 5.02 Å². The summed E-state index contributed by atoms with van der Waals surface area (Å²) in [4.78, 5) is 5.14. The summed E-state index contributed by atoms with van der Waals surface area (Å²) in [5.41, 5.74) is 6.73. The molecule has 1 aromatic rings. The maximum Gasteiger partial charge on any atom is 0.157 e. The molecule has 116 valence electrons. The maximum atomic E-state index is 6.05. The van der Waals surface area contributed by atoms with Crippen molar-refractivity contribution in [2.75, 3.05) is 19.8 Å². The summed E-state index contributed by atoms with van der Waals surface area (Å²) in [5.74, 6) is 0.386. The highest BCUT2D eigenvalue weighted by molar-refractivity contribution is 6.31. The first-order valence-electron chi connectivity index (χ1n) is 7.16. The molecule has 1 aliphatic heterocycles. The van der Waals surface area contributed by atoms with Gasteiger partial charge in [-0.1, -0.05) is 35.0 Å². The largest absolute Gasteiger partial charge is 0.392 e. The van der Waals surface area contributed by atoms with Gasteiger partial charge < -0.3 is 20.0 Å². The van der Waals surface area contributed by atoms with E-state index in [1.807, 2.05) is 24.3 Å². The Morgan fingerprint density at radius 3 is 2.95 bits per heavy atom. The minimum Gasteiger partial charge on any atom is -0.392 e. The predicted octanol–water partition coefficient (Wildman–Crippen LogP) is 2.71. The van der Waals surface area contributed by atoms with Gasteiger partial charge >= 0.3 is 0 Å². The third kappa shape index (κ3) is 5.91. The lowest BCUT2D eigenvalue weighted by atomic mass is 10.1. The number of oxime groups is 1. The molecule has 6 heteroatoms. The van der Waals surface area contributed by atoms with E-state index in [2.05, 4.69) is 5.16 Å². The molecule has 1 unspecified atom stereocenters. The Labute approximate surface area is 130 Å². The molecule has 0 bridgehead atoms. The van der Waals surface area contributed by atoms with Gasteiger partial charge in [-0.2, -0.15) is 0 Å². The second-order valence-electron chi connectivity index (χ2n) is 4.85. The van der Waals surface area contributed by atoms with Crippen LogP contribution in [0.4, 0.5) is 0 Å². The topological polar surface area (TPSA) is 66.1 Å². The molecule has 1 atom stereocenters. The molecular formula is C15H21ClN2O3. The molecule has 2 rings (SSSR count). The Morgan fingerprint density at radius 1 is 1.33 bits per heavy atom. The van der Waals surface area contributed by atoms with Gasteiger partial charge in [0.1, 0.15) is 12.4 Å². The Hall–Kier alpha value is -1.30. The Balaban J connectivity index is 1.63. The van der Waals surface area contributed by atoms with E-state index in [0.717, 1.165) is 31.4 Å². The van der Waals surface area contributed by atoms with E-state index in [0.29, 0.717) is 30.5 Å². The first kappa shape index (κ1) is 16.1. The zero-order valence-electron chi connectivity index (χ0n) is 12.0. The fourth-order valence-electron chi connectivity index (χ4n) is 2.06. The summed E-state index contributed by atoms with van der Waals surface area (Å²) < 4.78 is 11.0. The van der Waals surface area contributed by atoms with E-state index in [1.165, 1.54) is 0 Å². The molecule has 21 heavy (non-hydrogen) atoms. The van der Waals surface area contributed by atoms with Gasteiger partial charge in [0.25, 0.3) is 0 Å². The number of nitrogens with two attached hydrogens (primary N) is 1. The smallest absolute Gasteiger partial charge is 0.157 e. The fraction of sp³-hybridized carbons (Fsp3) is 0.533. The molecule has 1 aromatic carbocycles. The normalized spacial score (nSPS) is 19.5. The van der Waals surface area contributed by atoms with Crippen molar-refractivity contribution in [1.82, 2.24) is 0 Å². The van der Waals surface area contributed by atoms with E-state index >= 15 is 0 Å².